The Hall–Kier alpha value is -1.16. The van der Waals surface area contributed by atoms with Crippen molar-refractivity contribution in [2.45, 2.75) is 19.4 Å². The Morgan fingerprint density at radius 1 is 1.54 bits per heavy atom. The highest BCUT2D eigenvalue weighted by Crippen LogP contribution is 2.13. The van der Waals surface area contributed by atoms with Crippen LogP contribution in [0.1, 0.15) is 17.8 Å². The summed E-state index contributed by atoms with van der Waals surface area (Å²) in [5, 5.41) is 6.21. The van der Waals surface area contributed by atoms with E-state index in [0.717, 1.165) is 23.7 Å². The topological polar surface area (TPSA) is 42.0 Å². The highest BCUT2D eigenvalue weighted by molar-refractivity contribution is 7.09. The summed E-state index contributed by atoms with van der Waals surface area (Å²) in [4.78, 5) is 15.0. The molecule has 0 spiro atoms. The number of nitrogens with one attached hydrogen (secondary N) is 1. The molecule has 0 atom stereocenters. The van der Waals surface area contributed by atoms with Crippen LogP contribution in [0.25, 0.3) is 0 Å². The fourth-order valence-corrected chi connectivity index (χ4v) is 1.82. The molecule has 0 radical (unpaired) electrons. The first-order chi connectivity index (χ1) is 6.34. The fraction of sp³-hybridized carbons (Fsp3) is 0.333. The number of hydrogen-bond acceptors (Lipinski definition) is 4. The summed E-state index contributed by atoms with van der Waals surface area (Å²) < 4.78 is 0. The maximum absolute atomic E-state index is 10.9. The van der Waals surface area contributed by atoms with E-state index in [0.29, 0.717) is 6.42 Å². The molecule has 3 nitrogen and oxygen atoms in total. The van der Waals surface area contributed by atoms with E-state index in [1.54, 1.807) is 23.6 Å². The Morgan fingerprint density at radius 3 is 3.08 bits per heavy atom. The van der Waals surface area contributed by atoms with Gasteiger partial charge in [0.25, 0.3) is 0 Å². The molecule has 13 heavy (non-hydrogen) atoms. The van der Waals surface area contributed by atoms with Gasteiger partial charge in [0, 0.05) is 29.8 Å². The van der Waals surface area contributed by atoms with E-state index in [4.69, 9.17) is 0 Å². The van der Waals surface area contributed by atoms with E-state index >= 15 is 0 Å². The Morgan fingerprint density at radius 2 is 2.46 bits per heavy atom. The summed E-state index contributed by atoms with van der Waals surface area (Å²) in [7, 11) is 0. The van der Waals surface area contributed by atoms with E-state index in [1.165, 1.54) is 0 Å². The van der Waals surface area contributed by atoms with Crippen LogP contribution >= 0.6 is 11.3 Å². The number of nitrogens with zero attached hydrogens (tertiary/aromatic N) is 1. The summed E-state index contributed by atoms with van der Waals surface area (Å²) in [6, 6.07) is 0. The van der Waals surface area contributed by atoms with E-state index in [9.17, 15) is 4.79 Å². The van der Waals surface area contributed by atoms with Gasteiger partial charge in [-0.15, -0.1) is 11.3 Å². The molecular formula is C9H10N2OS. The second-order valence-electron chi connectivity index (χ2n) is 2.92. The molecule has 0 aromatic carbocycles. The van der Waals surface area contributed by atoms with Crippen molar-refractivity contribution < 1.29 is 4.79 Å². The molecule has 0 bridgehead atoms. The van der Waals surface area contributed by atoms with E-state index in [-0.39, 0.29) is 5.78 Å². The maximum Gasteiger partial charge on any atom is 0.157 e. The van der Waals surface area contributed by atoms with Gasteiger partial charge in [0.15, 0.2) is 5.78 Å². The SMILES string of the molecule is O=C1C=C(NCc2nccs2)CC1. The smallest absolute Gasteiger partial charge is 0.157 e. The predicted octanol–water partition coefficient (Wildman–Crippen LogP) is 1.48. The zero-order valence-electron chi connectivity index (χ0n) is 7.12. The zero-order chi connectivity index (χ0) is 9.10. The molecule has 1 aromatic rings. The minimum Gasteiger partial charge on any atom is -0.382 e. The van der Waals surface area contributed by atoms with Crippen molar-refractivity contribution in [3.63, 3.8) is 0 Å². The van der Waals surface area contributed by atoms with Crippen LogP contribution < -0.4 is 5.32 Å². The van der Waals surface area contributed by atoms with Crippen LogP contribution in [0.15, 0.2) is 23.3 Å². The molecule has 0 saturated heterocycles. The van der Waals surface area contributed by atoms with Crippen molar-refractivity contribution in [2.75, 3.05) is 0 Å². The van der Waals surface area contributed by atoms with Gasteiger partial charge in [0.05, 0.1) is 6.54 Å². The normalized spacial score (nSPS) is 16.0. The molecule has 2 rings (SSSR count). The van der Waals surface area contributed by atoms with Crippen LogP contribution in [0.3, 0.4) is 0 Å². The molecule has 0 amide bonds. The van der Waals surface area contributed by atoms with Crippen molar-refractivity contribution in [3.05, 3.63) is 28.4 Å². The fourth-order valence-electron chi connectivity index (χ4n) is 1.27. The number of carbonyl (C=O) groups excluding carboxylic acids is 1. The maximum atomic E-state index is 10.9. The Bertz CT molecular complexity index is 329. The van der Waals surface area contributed by atoms with Crippen LogP contribution in [0.5, 0.6) is 0 Å². The summed E-state index contributed by atoms with van der Waals surface area (Å²) >= 11 is 1.62. The molecule has 68 valence electrons. The van der Waals surface area contributed by atoms with Gasteiger partial charge in [0.1, 0.15) is 5.01 Å². The highest BCUT2D eigenvalue weighted by atomic mass is 32.1. The average molecular weight is 194 g/mol. The van der Waals surface area contributed by atoms with Gasteiger partial charge in [-0.1, -0.05) is 0 Å². The third-order valence-electron chi connectivity index (χ3n) is 1.93. The summed E-state index contributed by atoms with van der Waals surface area (Å²) in [5.74, 6) is 0.224. The molecule has 1 aromatic heterocycles. The van der Waals surface area contributed by atoms with Gasteiger partial charge in [-0.25, -0.2) is 4.98 Å². The van der Waals surface area contributed by atoms with Crippen molar-refractivity contribution in [1.29, 1.82) is 0 Å². The molecule has 0 saturated carbocycles. The number of rotatable bonds is 3. The standard InChI is InChI=1S/C9H10N2OS/c12-8-2-1-7(5-8)11-6-9-10-3-4-13-9/h3-5,11H,1-2,6H2. The van der Waals surface area contributed by atoms with Gasteiger partial charge in [-0.3, -0.25) is 4.79 Å². The molecule has 1 heterocycles. The summed E-state index contributed by atoms with van der Waals surface area (Å²) in [5.41, 5.74) is 1.04. The van der Waals surface area contributed by atoms with E-state index in [1.807, 2.05) is 5.38 Å². The quantitative estimate of drug-likeness (QED) is 0.792. The van der Waals surface area contributed by atoms with Crippen LogP contribution in [-0.4, -0.2) is 10.8 Å². The third-order valence-corrected chi connectivity index (χ3v) is 2.71. The Kier molecular flexibility index (Phi) is 2.40. The predicted molar refractivity (Wildman–Crippen MR) is 51.3 cm³/mol. The molecular weight excluding hydrogens is 184 g/mol. The van der Waals surface area contributed by atoms with Crippen LogP contribution in [0.2, 0.25) is 0 Å². The van der Waals surface area contributed by atoms with Gasteiger partial charge >= 0.3 is 0 Å². The van der Waals surface area contributed by atoms with Crippen molar-refractivity contribution >= 4 is 17.1 Å². The first kappa shape index (κ1) is 8.44. The number of ketones is 1. The largest absolute Gasteiger partial charge is 0.382 e. The van der Waals surface area contributed by atoms with E-state index in [2.05, 4.69) is 10.3 Å². The molecule has 1 aliphatic rings. The zero-order valence-corrected chi connectivity index (χ0v) is 7.93. The van der Waals surface area contributed by atoms with Crippen molar-refractivity contribution in [1.82, 2.24) is 10.3 Å². The number of aromatic nitrogens is 1. The highest BCUT2D eigenvalue weighted by Gasteiger charge is 2.11. The van der Waals surface area contributed by atoms with Crippen LogP contribution in [0.4, 0.5) is 0 Å². The minimum absolute atomic E-state index is 0.224. The third kappa shape index (κ3) is 2.15. The van der Waals surface area contributed by atoms with E-state index < -0.39 is 0 Å². The monoisotopic (exact) mass is 194 g/mol. The lowest BCUT2D eigenvalue weighted by Gasteiger charge is -2.02. The van der Waals surface area contributed by atoms with Gasteiger partial charge in [-0.05, 0) is 6.42 Å². The lowest BCUT2D eigenvalue weighted by atomic mass is 10.3. The number of thiazole rings is 1. The second-order valence-corrected chi connectivity index (χ2v) is 3.89. The molecule has 1 aliphatic carbocycles. The average Bonchev–Trinajstić information content (AvgIpc) is 2.71. The van der Waals surface area contributed by atoms with Crippen molar-refractivity contribution in [3.8, 4) is 0 Å². The summed E-state index contributed by atoms with van der Waals surface area (Å²) in [6.07, 6.45) is 4.98. The minimum atomic E-state index is 0.224. The lowest BCUT2D eigenvalue weighted by molar-refractivity contribution is -0.114. The van der Waals surface area contributed by atoms with Gasteiger partial charge < -0.3 is 5.32 Å². The van der Waals surface area contributed by atoms with Crippen molar-refractivity contribution in [2.24, 2.45) is 0 Å². The number of allylic oxidation sites excluding steroid dienone is 2. The number of carbonyl (C=O) groups is 1. The lowest BCUT2D eigenvalue weighted by Crippen LogP contribution is -2.10. The van der Waals surface area contributed by atoms with Crippen LogP contribution in [-0.2, 0) is 11.3 Å². The van der Waals surface area contributed by atoms with Gasteiger partial charge in [-0.2, -0.15) is 0 Å². The molecule has 0 fully saturated rings. The molecule has 0 aliphatic heterocycles. The van der Waals surface area contributed by atoms with Gasteiger partial charge in [0.2, 0.25) is 0 Å². The first-order valence-electron chi connectivity index (χ1n) is 4.20. The molecule has 4 heteroatoms. The summed E-state index contributed by atoms with van der Waals surface area (Å²) in [6.45, 7) is 0.733. The molecule has 0 unspecified atom stereocenters. The van der Waals surface area contributed by atoms with Crippen LogP contribution in [0, 0.1) is 0 Å². The first-order valence-corrected chi connectivity index (χ1v) is 5.08. The second kappa shape index (κ2) is 3.70. The number of hydrogen-bond donors (Lipinski definition) is 1. The Labute approximate surface area is 80.5 Å². The molecule has 1 N–H and O–H groups in total. The Balaban J connectivity index is 1.87.